The molecule has 0 aliphatic heterocycles. The van der Waals surface area contributed by atoms with E-state index in [1.54, 1.807) is 6.07 Å². The Morgan fingerprint density at radius 3 is 2.35 bits per heavy atom. The molecule has 0 spiro atoms. The molecule has 1 N–H and O–H groups in total. The third kappa shape index (κ3) is 5.49. The number of hydrogen-bond acceptors (Lipinski definition) is 5. The number of hydrogen-bond donors (Lipinski definition) is 1. The van der Waals surface area contributed by atoms with Crippen molar-refractivity contribution >= 4 is 38.5 Å². The minimum absolute atomic E-state index is 0. The number of aromatic nitrogens is 1. The summed E-state index contributed by atoms with van der Waals surface area (Å²) in [6, 6.07) is 21.7. The molecule has 5 aromatic rings. The maximum atomic E-state index is 10.0. The Kier molecular flexibility index (Phi) is 7.88. The second-order valence-corrected chi connectivity index (χ2v) is 9.15. The topological polar surface area (TPSA) is 87.1 Å². The van der Waals surface area contributed by atoms with Crippen LogP contribution in [-0.4, -0.2) is 15.9 Å². The van der Waals surface area contributed by atoms with Gasteiger partial charge in [0.2, 0.25) is 0 Å². The number of aliphatic hydroxyl groups excluding tert-OH is 1. The van der Waals surface area contributed by atoms with Gasteiger partial charge in [-0.05, 0) is 103 Å². The molecular formula is C31H25IrN2O3-. The van der Waals surface area contributed by atoms with Crippen LogP contribution >= 0.6 is 0 Å². The van der Waals surface area contributed by atoms with Crippen LogP contribution in [0.3, 0.4) is 0 Å². The van der Waals surface area contributed by atoms with Crippen molar-refractivity contribution in [2.45, 2.75) is 39.5 Å². The molecule has 0 atom stereocenters. The quantitative estimate of drug-likeness (QED) is 0.121. The Morgan fingerprint density at radius 2 is 1.73 bits per heavy atom. The number of carbonyl (C=O) groups is 1. The summed E-state index contributed by atoms with van der Waals surface area (Å²) in [7, 11) is 0. The normalized spacial score (nSPS) is 12.8. The molecule has 0 saturated heterocycles. The van der Waals surface area contributed by atoms with Gasteiger partial charge in [-0.3, -0.25) is 4.79 Å². The SMILES string of the molecule is CC(=O)/C=C(/C)O.N#Cc1c[c-]c(-c2nccc3cc4oc5cc6c(cc5c4cc23)CCCC6)cc1.[Ir]. The van der Waals surface area contributed by atoms with Gasteiger partial charge in [-0.1, -0.05) is 0 Å². The zero-order valence-electron chi connectivity index (χ0n) is 20.6. The molecule has 3 aromatic carbocycles. The fraction of sp³-hybridized carbons (Fsp3) is 0.194. The molecule has 0 saturated carbocycles. The van der Waals surface area contributed by atoms with Crippen molar-refractivity contribution < 1.29 is 34.4 Å². The number of ketones is 1. The number of pyridine rings is 1. The van der Waals surface area contributed by atoms with Gasteiger partial charge in [-0.2, -0.15) is 0 Å². The Bertz CT molecular complexity index is 1690. The van der Waals surface area contributed by atoms with Crippen LogP contribution in [0.5, 0.6) is 0 Å². The smallest absolute Gasteiger partial charge is 0.155 e. The molecule has 1 aliphatic rings. The average molecular weight is 666 g/mol. The van der Waals surface area contributed by atoms with E-state index in [1.807, 2.05) is 24.4 Å². The van der Waals surface area contributed by atoms with E-state index in [0.717, 1.165) is 51.4 Å². The maximum Gasteiger partial charge on any atom is 0.155 e. The van der Waals surface area contributed by atoms with Crippen molar-refractivity contribution in [2.75, 3.05) is 0 Å². The van der Waals surface area contributed by atoms with E-state index in [0.29, 0.717) is 5.56 Å². The third-order valence-electron chi connectivity index (χ3n) is 6.43. The molecule has 187 valence electrons. The molecule has 6 heteroatoms. The van der Waals surface area contributed by atoms with Crippen molar-refractivity contribution in [1.82, 2.24) is 4.98 Å². The fourth-order valence-electron chi connectivity index (χ4n) is 4.82. The minimum atomic E-state index is -0.125. The molecule has 2 heterocycles. The van der Waals surface area contributed by atoms with Gasteiger partial charge in [0.15, 0.2) is 5.78 Å². The molecule has 5 nitrogen and oxygen atoms in total. The van der Waals surface area contributed by atoms with Gasteiger partial charge in [-0.15, -0.1) is 29.8 Å². The van der Waals surface area contributed by atoms with Crippen LogP contribution in [0.1, 0.15) is 43.4 Å². The first-order chi connectivity index (χ1) is 17.4. The van der Waals surface area contributed by atoms with Crippen LogP contribution in [0.4, 0.5) is 0 Å². The molecule has 6 rings (SSSR count). The van der Waals surface area contributed by atoms with Crippen LogP contribution in [0, 0.1) is 17.4 Å². The number of benzene rings is 3. The molecule has 37 heavy (non-hydrogen) atoms. The summed E-state index contributed by atoms with van der Waals surface area (Å²) in [5.74, 6) is -0.0625. The first-order valence-corrected chi connectivity index (χ1v) is 12.0. The number of rotatable bonds is 2. The number of aliphatic hydroxyl groups is 1. The summed E-state index contributed by atoms with van der Waals surface area (Å²) < 4.78 is 6.24. The summed E-state index contributed by atoms with van der Waals surface area (Å²) in [5, 5.41) is 21.9. The van der Waals surface area contributed by atoms with Crippen LogP contribution in [-0.2, 0) is 37.7 Å². The zero-order chi connectivity index (χ0) is 25.2. The van der Waals surface area contributed by atoms with Gasteiger partial charge in [0.25, 0.3) is 0 Å². The van der Waals surface area contributed by atoms with E-state index >= 15 is 0 Å². The Hall–Kier alpha value is -3.78. The predicted molar refractivity (Wildman–Crippen MR) is 142 cm³/mol. The predicted octanol–water partition coefficient (Wildman–Crippen LogP) is 7.39. The Balaban J connectivity index is 0.000000356. The number of fused-ring (bicyclic) bond motifs is 5. The number of nitrogens with zero attached hydrogens (tertiary/aromatic N) is 2. The van der Waals surface area contributed by atoms with Gasteiger partial charge in [-0.25, -0.2) is 5.26 Å². The van der Waals surface area contributed by atoms with E-state index in [1.165, 1.54) is 49.3 Å². The monoisotopic (exact) mass is 666 g/mol. The van der Waals surface area contributed by atoms with Crippen LogP contribution < -0.4 is 0 Å². The van der Waals surface area contributed by atoms with Gasteiger partial charge in [0.05, 0.1) is 5.76 Å². The van der Waals surface area contributed by atoms with Crippen LogP contribution in [0.25, 0.3) is 44.0 Å². The first kappa shape index (κ1) is 26.3. The third-order valence-corrected chi connectivity index (χ3v) is 6.43. The number of aryl methyl sites for hydroxylation is 2. The molecule has 0 unspecified atom stereocenters. The van der Waals surface area contributed by atoms with E-state index in [2.05, 4.69) is 41.4 Å². The molecule has 0 amide bonds. The van der Waals surface area contributed by atoms with Crippen molar-refractivity contribution in [3.05, 3.63) is 89.3 Å². The second kappa shape index (κ2) is 11.1. The van der Waals surface area contributed by atoms with Gasteiger partial charge < -0.3 is 14.5 Å². The molecule has 2 aromatic heterocycles. The van der Waals surface area contributed by atoms with Crippen molar-refractivity contribution in [2.24, 2.45) is 0 Å². The first-order valence-electron chi connectivity index (χ1n) is 12.0. The summed E-state index contributed by atoms with van der Waals surface area (Å²) >= 11 is 0. The standard InChI is InChI=1S/C26H17N2O.C5H8O2.Ir/c27-15-16-5-7-17(8-6-16)26-21-14-23-22-11-18-3-1-2-4-19(18)12-24(22)29-25(23)13-20(21)9-10-28-26;1-4(6)3-5(2)7;/h5-7,9-14H,1-4H2;3,6H,1-2H3;/q-1;;/b;4-3-;. The van der Waals surface area contributed by atoms with Crippen LogP contribution in [0.2, 0.25) is 0 Å². The molecule has 0 bridgehead atoms. The minimum Gasteiger partial charge on any atom is -0.512 e. The molecule has 1 aliphatic carbocycles. The van der Waals surface area contributed by atoms with E-state index < -0.39 is 0 Å². The van der Waals surface area contributed by atoms with Crippen LogP contribution in [0.15, 0.2) is 71.0 Å². The Labute approximate surface area is 228 Å². The van der Waals surface area contributed by atoms with Gasteiger partial charge >= 0.3 is 0 Å². The summed E-state index contributed by atoms with van der Waals surface area (Å²) in [6.45, 7) is 2.85. The fourth-order valence-corrected chi connectivity index (χ4v) is 4.82. The van der Waals surface area contributed by atoms with Crippen molar-refractivity contribution in [1.29, 1.82) is 5.26 Å². The molecular weight excluding hydrogens is 641 g/mol. The second-order valence-electron chi connectivity index (χ2n) is 9.15. The van der Waals surface area contributed by atoms with E-state index in [4.69, 9.17) is 14.8 Å². The maximum absolute atomic E-state index is 10.0. The van der Waals surface area contributed by atoms with Gasteiger partial charge in [0, 0.05) is 49.2 Å². The molecule has 1 radical (unpaired) electrons. The van der Waals surface area contributed by atoms with Crippen molar-refractivity contribution in [3.8, 4) is 17.3 Å². The van der Waals surface area contributed by atoms with Gasteiger partial charge in [0.1, 0.15) is 11.2 Å². The number of carbonyl (C=O) groups excluding carboxylic acids is 1. The summed E-state index contributed by atoms with van der Waals surface area (Å²) in [6.07, 6.45) is 7.81. The Morgan fingerprint density at radius 1 is 1.03 bits per heavy atom. The zero-order valence-corrected chi connectivity index (χ0v) is 23.0. The number of furan rings is 1. The van der Waals surface area contributed by atoms with E-state index in [9.17, 15) is 4.79 Å². The summed E-state index contributed by atoms with van der Waals surface area (Å²) in [5.41, 5.74) is 7.13. The molecule has 0 fully saturated rings. The largest absolute Gasteiger partial charge is 0.512 e. The van der Waals surface area contributed by atoms with E-state index in [-0.39, 0.29) is 31.6 Å². The number of allylic oxidation sites excluding steroid dienone is 2. The van der Waals surface area contributed by atoms with Crippen molar-refractivity contribution in [3.63, 3.8) is 0 Å². The summed E-state index contributed by atoms with van der Waals surface area (Å²) in [4.78, 5) is 14.6. The number of nitriles is 1. The average Bonchev–Trinajstić information content (AvgIpc) is 3.21.